The maximum atomic E-state index is 5.98. The lowest BCUT2D eigenvalue weighted by molar-refractivity contribution is 0.253. The van der Waals surface area contributed by atoms with Gasteiger partial charge in [0.1, 0.15) is 6.61 Å². The minimum absolute atomic E-state index is 0.551. The van der Waals surface area contributed by atoms with Gasteiger partial charge in [-0.3, -0.25) is 0 Å². The van der Waals surface area contributed by atoms with Crippen LogP contribution in [0.15, 0.2) is 23.3 Å². The number of nitrogens with two attached hydrogens (primary N) is 1. The second-order valence-corrected chi connectivity index (χ2v) is 5.67. The van der Waals surface area contributed by atoms with Gasteiger partial charge >= 0.3 is 0 Å². The van der Waals surface area contributed by atoms with Gasteiger partial charge in [-0.2, -0.15) is 0 Å². The topological polar surface area (TPSA) is 67.0 Å². The number of ether oxygens (including phenoxy) is 1. The Morgan fingerprint density at radius 2 is 2.19 bits per heavy atom. The number of hydrogen-bond acceptors (Lipinski definition) is 4. The lowest BCUT2D eigenvalue weighted by atomic mass is 10.3. The molecule has 2 rings (SSSR count). The van der Waals surface area contributed by atoms with Crippen LogP contribution in [0, 0.1) is 0 Å². The molecular weight excluding hydrogens is 266 g/mol. The van der Waals surface area contributed by atoms with Crippen LogP contribution in [0.5, 0.6) is 5.88 Å². The Kier molecular flexibility index (Phi) is 5.38. The standard InChI is InChI=1S/C15H25N5O/c1-19(2)8-9-21-14-10-12(6-7-17-14)11-18-15(16)20(3)13-4-5-13/h6-7,10,13H,4-5,8-9,11H2,1-3H3,(H2,16,18). The molecule has 2 N–H and O–H groups in total. The Morgan fingerprint density at radius 3 is 2.86 bits per heavy atom. The molecule has 1 saturated carbocycles. The zero-order valence-electron chi connectivity index (χ0n) is 13.1. The van der Waals surface area contributed by atoms with Crippen molar-refractivity contribution in [2.45, 2.75) is 25.4 Å². The van der Waals surface area contributed by atoms with Crippen molar-refractivity contribution in [3.8, 4) is 5.88 Å². The van der Waals surface area contributed by atoms with Crippen molar-refractivity contribution in [2.75, 3.05) is 34.3 Å². The molecule has 0 aliphatic heterocycles. The summed E-state index contributed by atoms with van der Waals surface area (Å²) < 4.78 is 5.62. The smallest absolute Gasteiger partial charge is 0.213 e. The number of pyridine rings is 1. The van der Waals surface area contributed by atoms with Crippen molar-refractivity contribution >= 4 is 5.96 Å². The number of guanidine groups is 1. The molecule has 1 aliphatic carbocycles. The van der Waals surface area contributed by atoms with Crippen molar-refractivity contribution in [2.24, 2.45) is 10.7 Å². The largest absolute Gasteiger partial charge is 0.476 e. The SMILES string of the molecule is CN(C)CCOc1cc(CN=C(N)N(C)C2CC2)ccn1. The normalized spacial score (nSPS) is 15.3. The first-order valence-corrected chi connectivity index (χ1v) is 7.31. The molecule has 1 aromatic heterocycles. The Morgan fingerprint density at radius 1 is 1.43 bits per heavy atom. The summed E-state index contributed by atoms with van der Waals surface area (Å²) in [6, 6.07) is 4.44. The average molecular weight is 291 g/mol. The highest BCUT2D eigenvalue weighted by Crippen LogP contribution is 2.24. The fourth-order valence-electron chi connectivity index (χ4n) is 1.89. The average Bonchev–Trinajstić information content (AvgIpc) is 3.28. The molecule has 21 heavy (non-hydrogen) atoms. The van der Waals surface area contributed by atoms with Gasteiger partial charge < -0.3 is 20.3 Å². The van der Waals surface area contributed by atoms with Crippen LogP contribution in [0.2, 0.25) is 0 Å². The predicted octanol–water partition coefficient (Wildman–Crippen LogP) is 0.931. The summed E-state index contributed by atoms with van der Waals surface area (Å²) in [5.41, 5.74) is 7.03. The van der Waals surface area contributed by atoms with Gasteiger partial charge in [0.05, 0.1) is 6.54 Å². The molecule has 6 nitrogen and oxygen atoms in total. The molecule has 0 saturated heterocycles. The molecule has 0 atom stereocenters. The Hall–Kier alpha value is -1.82. The summed E-state index contributed by atoms with van der Waals surface area (Å²) in [5.74, 6) is 1.24. The van der Waals surface area contributed by atoms with Crippen LogP contribution >= 0.6 is 0 Å². The predicted molar refractivity (Wildman–Crippen MR) is 84.4 cm³/mol. The van der Waals surface area contributed by atoms with E-state index < -0.39 is 0 Å². The van der Waals surface area contributed by atoms with E-state index in [2.05, 4.69) is 19.8 Å². The highest BCUT2D eigenvalue weighted by Gasteiger charge is 2.27. The summed E-state index contributed by atoms with van der Waals surface area (Å²) in [5, 5.41) is 0. The Balaban J connectivity index is 1.86. The maximum Gasteiger partial charge on any atom is 0.213 e. The summed E-state index contributed by atoms with van der Waals surface area (Å²) in [4.78, 5) is 12.8. The van der Waals surface area contributed by atoms with E-state index in [0.717, 1.165) is 12.1 Å². The summed E-state index contributed by atoms with van der Waals surface area (Å²) in [6.07, 6.45) is 4.17. The fourth-order valence-corrected chi connectivity index (χ4v) is 1.89. The van der Waals surface area contributed by atoms with Gasteiger partial charge in [0.15, 0.2) is 5.96 Å². The number of aliphatic imine (C=N–C) groups is 1. The third kappa shape index (κ3) is 5.23. The summed E-state index contributed by atoms with van der Waals surface area (Å²) in [6.45, 7) is 2.04. The quantitative estimate of drug-likeness (QED) is 0.598. The van der Waals surface area contributed by atoms with Crippen LogP contribution in [0.1, 0.15) is 18.4 Å². The zero-order chi connectivity index (χ0) is 15.2. The highest BCUT2D eigenvalue weighted by molar-refractivity contribution is 5.78. The molecule has 0 spiro atoms. The van der Waals surface area contributed by atoms with E-state index in [-0.39, 0.29) is 0 Å². The van der Waals surface area contributed by atoms with E-state index in [1.54, 1.807) is 6.20 Å². The third-order valence-corrected chi connectivity index (χ3v) is 3.47. The van der Waals surface area contributed by atoms with Crippen molar-refractivity contribution in [3.63, 3.8) is 0 Å². The van der Waals surface area contributed by atoms with Gasteiger partial charge in [-0.05, 0) is 38.6 Å². The van der Waals surface area contributed by atoms with E-state index in [1.807, 2.05) is 33.3 Å². The van der Waals surface area contributed by atoms with Crippen LogP contribution in [0.25, 0.3) is 0 Å². The van der Waals surface area contributed by atoms with Crippen LogP contribution < -0.4 is 10.5 Å². The lowest BCUT2D eigenvalue weighted by Crippen LogP contribution is -2.35. The number of nitrogens with zero attached hydrogens (tertiary/aromatic N) is 4. The molecule has 1 aromatic rings. The Bertz CT molecular complexity index is 485. The zero-order valence-corrected chi connectivity index (χ0v) is 13.1. The molecule has 0 amide bonds. The molecule has 0 radical (unpaired) electrons. The van der Waals surface area contributed by atoms with E-state index in [1.165, 1.54) is 12.8 Å². The summed E-state index contributed by atoms with van der Waals surface area (Å²) >= 11 is 0. The van der Waals surface area contributed by atoms with Crippen molar-refractivity contribution in [1.82, 2.24) is 14.8 Å². The number of likely N-dealkylation sites (N-methyl/N-ethyl adjacent to an activating group) is 1. The molecule has 1 aliphatic rings. The highest BCUT2D eigenvalue weighted by atomic mass is 16.5. The molecule has 116 valence electrons. The molecule has 1 fully saturated rings. The van der Waals surface area contributed by atoms with Crippen molar-refractivity contribution in [1.29, 1.82) is 0 Å². The van der Waals surface area contributed by atoms with Gasteiger partial charge in [0.2, 0.25) is 5.88 Å². The van der Waals surface area contributed by atoms with Crippen LogP contribution in [-0.4, -0.2) is 61.1 Å². The fraction of sp³-hybridized carbons (Fsp3) is 0.600. The minimum atomic E-state index is 0.551. The monoisotopic (exact) mass is 291 g/mol. The van der Waals surface area contributed by atoms with Crippen LogP contribution in [0.4, 0.5) is 0 Å². The van der Waals surface area contributed by atoms with E-state index >= 15 is 0 Å². The van der Waals surface area contributed by atoms with Gasteiger partial charge in [0.25, 0.3) is 0 Å². The minimum Gasteiger partial charge on any atom is -0.476 e. The molecule has 1 heterocycles. The van der Waals surface area contributed by atoms with Gasteiger partial charge in [-0.15, -0.1) is 0 Å². The second-order valence-electron chi connectivity index (χ2n) is 5.67. The van der Waals surface area contributed by atoms with Gasteiger partial charge in [0, 0.05) is 31.9 Å². The molecular formula is C15H25N5O. The lowest BCUT2D eigenvalue weighted by Gasteiger charge is -2.16. The van der Waals surface area contributed by atoms with Gasteiger partial charge in [-0.1, -0.05) is 0 Å². The van der Waals surface area contributed by atoms with Gasteiger partial charge in [-0.25, -0.2) is 9.98 Å². The number of hydrogen-bond donors (Lipinski definition) is 1. The number of rotatable bonds is 7. The first kappa shape index (κ1) is 15.6. The molecule has 0 bridgehead atoms. The summed E-state index contributed by atoms with van der Waals surface area (Å²) in [7, 11) is 6.03. The first-order valence-electron chi connectivity index (χ1n) is 7.31. The van der Waals surface area contributed by atoms with E-state index in [4.69, 9.17) is 10.5 Å². The van der Waals surface area contributed by atoms with Crippen molar-refractivity contribution in [3.05, 3.63) is 23.9 Å². The molecule has 0 aromatic carbocycles. The third-order valence-electron chi connectivity index (χ3n) is 3.47. The van der Waals surface area contributed by atoms with Crippen LogP contribution in [-0.2, 0) is 6.54 Å². The van der Waals surface area contributed by atoms with Crippen LogP contribution in [0.3, 0.4) is 0 Å². The Labute approximate surface area is 126 Å². The second kappa shape index (κ2) is 7.26. The number of aromatic nitrogens is 1. The first-order chi connectivity index (χ1) is 10.1. The molecule has 0 unspecified atom stereocenters. The molecule has 6 heteroatoms. The maximum absolute atomic E-state index is 5.98. The van der Waals surface area contributed by atoms with Crippen molar-refractivity contribution < 1.29 is 4.74 Å². The van der Waals surface area contributed by atoms with E-state index in [0.29, 0.717) is 31.0 Å². The van der Waals surface area contributed by atoms with E-state index in [9.17, 15) is 0 Å².